The van der Waals surface area contributed by atoms with Crippen LogP contribution in [-0.2, 0) is 22.4 Å². The Morgan fingerprint density at radius 2 is 1.79 bits per heavy atom. The molecule has 0 unspecified atom stereocenters. The van der Waals surface area contributed by atoms with Gasteiger partial charge in [-0.25, -0.2) is 9.59 Å². The van der Waals surface area contributed by atoms with Gasteiger partial charge in [-0.05, 0) is 61.2 Å². The molecule has 8 heteroatoms. The molecule has 0 aliphatic heterocycles. The highest BCUT2D eigenvalue weighted by molar-refractivity contribution is 6.30. The fourth-order valence-corrected chi connectivity index (χ4v) is 4.27. The van der Waals surface area contributed by atoms with Gasteiger partial charge < -0.3 is 19.3 Å². The van der Waals surface area contributed by atoms with Gasteiger partial charge in [-0.15, -0.1) is 0 Å². The summed E-state index contributed by atoms with van der Waals surface area (Å²) in [6.45, 7) is 5.57. The summed E-state index contributed by atoms with van der Waals surface area (Å²) in [5.74, 6) is -1.77. The topological polar surface area (TPSA) is 110 Å². The van der Waals surface area contributed by atoms with Gasteiger partial charge in [0, 0.05) is 16.8 Å². The Morgan fingerprint density at radius 3 is 2.45 bits per heavy atom. The van der Waals surface area contributed by atoms with E-state index in [0.717, 1.165) is 16.5 Å². The molecule has 1 atom stereocenters. The lowest BCUT2D eigenvalue weighted by Crippen LogP contribution is -2.43. The van der Waals surface area contributed by atoms with E-state index in [1.54, 1.807) is 43.5 Å². The molecule has 2 aromatic heterocycles. The second-order valence-electron chi connectivity index (χ2n) is 8.15. The van der Waals surface area contributed by atoms with Gasteiger partial charge in [-0.3, -0.25) is 4.79 Å². The SMILES string of the molecule is Cc1coc2c1c(C)cc1oc(=O)c(CC(=O)N[C@H](Cc3ccc(Cl)cc3)C(=O)O)c(C)c12. The second-order valence-corrected chi connectivity index (χ2v) is 8.58. The van der Waals surface area contributed by atoms with Gasteiger partial charge in [0.25, 0.3) is 0 Å². The average Bonchev–Trinajstić information content (AvgIpc) is 3.14. The fraction of sp³-hybridized carbons (Fsp3) is 0.240. The van der Waals surface area contributed by atoms with E-state index in [-0.39, 0.29) is 18.4 Å². The highest BCUT2D eigenvalue weighted by Gasteiger charge is 2.24. The third-order valence-corrected chi connectivity index (χ3v) is 6.04. The summed E-state index contributed by atoms with van der Waals surface area (Å²) >= 11 is 5.87. The first kappa shape index (κ1) is 22.6. The van der Waals surface area contributed by atoms with E-state index in [4.69, 9.17) is 20.4 Å². The average molecular weight is 468 g/mol. The molecule has 0 saturated heterocycles. The molecule has 4 rings (SSSR count). The van der Waals surface area contributed by atoms with Crippen LogP contribution in [0.15, 0.2) is 50.2 Å². The first-order valence-corrected chi connectivity index (χ1v) is 10.7. The Morgan fingerprint density at radius 1 is 1.09 bits per heavy atom. The van der Waals surface area contributed by atoms with Crippen molar-refractivity contribution in [3.05, 3.63) is 79.9 Å². The molecule has 4 aromatic rings. The quantitative estimate of drug-likeness (QED) is 0.405. The van der Waals surface area contributed by atoms with E-state index in [1.165, 1.54) is 0 Å². The number of carbonyl (C=O) groups is 2. The maximum Gasteiger partial charge on any atom is 0.340 e. The van der Waals surface area contributed by atoms with Crippen molar-refractivity contribution in [1.82, 2.24) is 5.32 Å². The van der Waals surface area contributed by atoms with Gasteiger partial charge >= 0.3 is 11.6 Å². The second kappa shape index (κ2) is 8.75. The molecule has 0 fully saturated rings. The lowest BCUT2D eigenvalue weighted by Gasteiger charge is -2.15. The zero-order valence-electron chi connectivity index (χ0n) is 18.3. The molecular formula is C25H22ClNO6. The molecule has 2 heterocycles. The predicted octanol–water partition coefficient (Wildman–Crippen LogP) is 4.47. The van der Waals surface area contributed by atoms with Crippen LogP contribution < -0.4 is 10.9 Å². The molecule has 0 bridgehead atoms. The number of aliphatic carboxylic acids is 1. The van der Waals surface area contributed by atoms with Gasteiger partial charge in [0.2, 0.25) is 5.91 Å². The highest BCUT2D eigenvalue weighted by Crippen LogP contribution is 2.34. The van der Waals surface area contributed by atoms with Crippen LogP contribution in [-0.4, -0.2) is 23.0 Å². The summed E-state index contributed by atoms with van der Waals surface area (Å²) in [6.07, 6.45) is 1.40. The molecule has 0 aliphatic carbocycles. The highest BCUT2D eigenvalue weighted by atomic mass is 35.5. The summed E-state index contributed by atoms with van der Waals surface area (Å²) in [4.78, 5) is 37.1. The van der Waals surface area contributed by atoms with Crippen LogP contribution in [0.3, 0.4) is 0 Å². The number of hydrogen-bond acceptors (Lipinski definition) is 5. The zero-order valence-corrected chi connectivity index (χ0v) is 19.1. The zero-order chi connectivity index (χ0) is 23.9. The Balaban J connectivity index is 1.65. The summed E-state index contributed by atoms with van der Waals surface area (Å²) < 4.78 is 11.3. The third kappa shape index (κ3) is 4.36. The number of furan rings is 1. The minimum atomic E-state index is -1.18. The maximum atomic E-state index is 12.7. The van der Waals surface area contributed by atoms with Crippen LogP contribution in [0.4, 0.5) is 0 Å². The van der Waals surface area contributed by atoms with Crippen LogP contribution in [0.2, 0.25) is 5.02 Å². The number of amides is 1. The minimum Gasteiger partial charge on any atom is -0.480 e. The normalized spacial score (nSPS) is 12.2. The molecule has 0 saturated carbocycles. The molecule has 170 valence electrons. The molecular weight excluding hydrogens is 446 g/mol. The van der Waals surface area contributed by atoms with Gasteiger partial charge in [-0.1, -0.05) is 23.7 Å². The van der Waals surface area contributed by atoms with Crippen molar-refractivity contribution in [2.45, 2.75) is 39.7 Å². The monoisotopic (exact) mass is 467 g/mol. The predicted molar refractivity (Wildman–Crippen MR) is 125 cm³/mol. The molecule has 33 heavy (non-hydrogen) atoms. The van der Waals surface area contributed by atoms with E-state index >= 15 is 0 Å². The Kier molecular flexibility index (Phi) is 5.99. The lowest BCUT2D eigenvalue weighted by atomic mass is 9.98. The van der Waals surface area contributed by atoms with Crippen molar-refractivity contribution in [1.29, 1.82) is 0 Å². The van der Waals surface area contributed by atoms with Gasteiger partial charge in [0.05, 0.1) is 23.6 Å². The minimum absolute atomic E-state index is 0.0785. The van der Waals surface area contributed by atoms with Crippen LogP contribution in [0, 0.1) is 20.8 Å². The summed E-state index contributed by atoms with van der Waals surface area (Å²) in [7, 11) is 0. The number of halogens is 1. The number of carboxylic acid groups (broad SMARTS) is 1. The van der Waals surface area contributed by atoms with Gasteiger partial charge in [-0.2, -0.15) is 0 Å². The van der Waals surface area contributed by atoms with Crippen LogP contribution in [0.1, 0.15) is 27.8 Å². The number of nitrogens with one attached hydrogen (secondary N) is 1. The van der Waals surface area contributed by atoms with E-state index < -0.39 is 23.5 Å². The number of carboxylic acids is 1. The van der Waals surface area contributed by atoms with E-state index in [2.05, 4.69) is 5.32 Å². The van der Waals surface area contributed by atoms with Crippen LogP contribution >= 0.6 is 11.6 Å². The summed E-state index contributed by atoms with van der Waals surface area (Å²) in [6, 6.07) is 7.33. The number of carbonyl (C=O) groups excluding carboxylic acids is 1. The Bertz CT molecular complexity index is 1450. The van der Waals surface area contributed by atoms with Gasteiger partial charge in [0.15, 0.2) is 0 Å². The van der Waals surface area contributed by atoms with Crippen LogP contribution in [0.25, 0.3) is 21.9 Å². The van der Waals surface area contributed by atoms with Gasteiger partial charge in [0.1, 0.15) is 17.2 Å². The number of aryl methyl sites for hydroxylation is 3. The van der Waals surface area contributed by atoms with Crippen molar-refractivity contribution >= 4 is 45.4 Å². The van der Waals surface area contributed by atoms with E-state index in [0.29, 0.717) is 32.7 Å². The molecule has 0 aliphatic rings. The lowest BCUT2D eigenvalue weighted by molar-refractivity contribution is -0.141. The largest absolute Gasteiger partial charge is 0.480 e. The van der Waals surface area contributed by atoms with Crippen molar-refractivity contribution in [3.8, 4) is 0 Å². The number of hydrogen-bond donors (Lipinski definition) is 2. The Hall–Kier alpha value is -3.58. The molecule has 0 spiro atoms. The molecule has 1 amide bonds. The summed E-state index contributed by atoms with van der Waals surface area (Å²) in [5, 5.41) is 14.2. The van der Waals surface area contributed by atoms with E-state index in [1.807, 2.05) is 13.8 Å². The number of rotatable bonds is 6. The standard InChI is InChI=1S/C25H22ClNO6/c1-12-8-19-22(23-21(12)13(2)11-32-23)14(3)17(25(31)33-19)10-20(28)27-18(24(29)30)9-15-4-6-16(26)7-5-15/h4-8,11,18H,9-10H2,1-3H3,(H,27,28)(H,29,30)/t18-/m1/s1. The third-order valence-electron chi connectivity index (χ3n) is 5.79. The smallest absolute Gasteiger partial charge is 0.340 e. The number of fused-ring (bicyclic) bond motifs is 3. The maximum absolute atomic E-state index is 12.7. The van der Waals surface area contributed by atoms with Crippen LogP contribution in [0.5, 0.6) is 0 Å². The summed E-state index contributed by atoms with van der Waals surface area (Å²) in [5.41, 5.74) is 3.66. The Labute approximate surface area is 194 Å². The van der Waals surface area contributed by atoms with Crippen molar-refractivity contribution in [2.24, 2.45) is 0 Å². The first-order chi connectivity index (χ1) is 15.7. The molecule has 2 N–H and O–H groups in total. The van der Waals surface area contributed by atoms with Crippen molar-refractivity contribution < 1.29 is 23.5 Å². The molecule has 0 radical (unpaired) electrons. The molecule has 2 aromatic carbocycles. The fourth-order valence-electron chi connectivity index (χ4n) is 4.14. The van der Waals surface area contributed by atoms with Crippen molar-refractivity contribution in [3.63, 3.8) is 0 Å². The first-order valence-electron chi connectivity index (χ1n) is 10.4. The van der Waals surface area contributed by atoms with E-state index in [9.17, 15) is 19.5 Å². The number of benzene rings is 2. The molecule has 7 nitrogen and oxygen atoms in total. The van der Waals surface area contributed by atoms with Crippen molar-refractivity contribution in [2.75, 3.05) is 0 Å².